The molecule has 0 saturated heterocycles. The molecule has 0 saturated carbocycles. The van der Waals surface area contributed by atoms with Gasteiger partial charge in [-0.15, -0.1) is 5.10 Å². The van der Waals surface area contributed by atoms with Gasteiger partial charge in [-0.2, -0.15) is 0 Å². The second-order valence-corrected chi connectivity index (χ2v) is 3.30. The summed E-state index contributed by atoms with van der Waals surface area (Å²) in [5.74, 6) is 0.700. The van der Waals surface area contributed by atoms with Crippen LogP contribution in [0.3, 0.4) is 0 Å². The van der Waals surface area contributed by atoms with Crippen LogP contribution in [0.25, 0.3) is 0 Å². The molecule has 0 amide bonds. The number of aromatic amines is 1. The van der Waals surface area contributed by atoms with Gasteiger partial charge in [0.05, 0.1) is 6.61 Å². The van der Waals surface area contributed by atoms with Gasteiger partial charge in [0.25, 0.3) is 0 Å². The van der Waals surface area contributed by atoms with Crippen molar-refractivity contribution in [1.29, 1.82) is 0 Å². The van der Waals surface area contributed by atoms with E-state index in [1.807, 2.05) is 13.0 Å². The Bertz CT molecular complexity index is 247. The predicted molar refractivity (Wildman–Crippen MR) is 56.6 cm³/mol. The zero-order valence-electron chi connectivity index (χ0n) is 8.97. The molecule has 4 heteroatoms. The molecule has 4 nitrogen and oxygen atoms in total. The summed E-state index contributed by atoms with van der Waals surface area (Å²) in [7, 11) is 0. The molecule has 0 radical (unpaired) electrons. The Balaban J connectivity index is 1.99. The molecule has 0 spiro atoms. The number of ether oxygens (including phenoxy) is 1. The second-order valence-electron chi connectivity index (χ2n) is 3.30. The first kappa shape index (κ1) is 11.0. The normalized spacial score (nSPS) is 10.4. The van der Waals surface area contributed by atoms with Crippen LogP contribution in [0, 0.1) is 6.92 Å². The lowest BCUT2D eigenvalue weighted by atomic mass is 10.3. The number of nitrogens with zero attached hydrogens (tertiary/aromatic N) is 1. The van der Waals surface area contributed by atoms with Crippen LogP contribution in [0.2, 0.25) is 0 Å². The van der Waals surface area contributed by atoms with E-state index in [2.05, 4.69) is 22.4 Å². The third-order valence-electron chi connectivity index (χ3n) is 1.93. The lowest BCUT2D eigenvalue weighted by Crippen LogP contribution is -2.14. The Hall–Kier alpha value is -1.03. The van der Waals surface area contributed by atoms with Crippen molar-refractivity contribution in [2.45, 2.75) is 26.7 Å². The molecular weight excluding hydrogens is 178 g/mol. The van der Waals surface area contributed by atoms with Crippen molar-refractivity contribution < 1.29 is 4.74 Å². The summed E-state index contributed by atoms with van der Waals surface area (Å²) in [6.45, 7) is 6.93. The van der Waals surface area contributed by atoms with Crippen LogP contribution in [0.15, 0.2) is 6.07 Å². The van der Waals surface area contributed by atoms with Crippen LogP contribution < -0.4 is 10.1 Å². The van der Waals surface area contributed by atoms with Crippen molar-refractivity contribution in [3.63, 3.8) is 0 Å². The number of unbranched alkanes of at least 4 members (excludes halogenated alkanes) is 1. The van der Waals surface area contributed by atoms with E-state index in [4.69, 9.17) is 4.74 Å². The topological polar surface area (TPSA) is 49.9 Å². The SMILES string of the molecule is CCNCCCCOc1cc(C)[nH]n1. The van der Waals surface area contributed by atoms with Crippen LogP contribution >= 0.6 is 0 Å². The van der Waals surface area contributed by atoms with E-state index in [1.165, 1.54) is 0 Å². The van der Waals surface area contributed by atoms with Crippen molar-refractivity contribution in [2.24, 2.45) is 0 Å². The molecule has 0 aliphatic heterocycles. The van der Waals surface area contributed by atoms with E-state index in [1.54, 1.807) is 0 Å². The summed E-state index contributed by atoms with van der Waals surface area (Å²) < 4.78 is 5.44. The Morgan fingerprint density at radius 2 is 2.36 bits per heavy atom. The molecule has 0 fully saturated rings. The molecule has 1 heterocycles. The Morgan fingerprint density at radius 1 is 1.50 bits per heavy atom. The van der Waals surface area contributed by atoms with Gasteiger partial charge in [0.2, 0.25) is 5.88 Å². The molecule has 1 aromatic rings. The van der Waals surface area contributed by atoms with Gasteiger partial charge in [0, 0.05) is 11.8 Å². The largest absolute Gasteiger partial charge is 0.477 e. The number of aromatic nitrogens is 2. The van der Waals surface area contributed by atoms with Gasteiger partial charge in [-0.05, 0) is 32.9 Å². The van der Waals surface area contributed by atoms with Gasteiger partial charge in [-0.25, -0.2) is 0 Å². The van der Waals surface area contributed by atoms with Crippen molar-refractivity contribution in [3.8, 4) is 5.88 Å². The Kier molecular flexibility index (Phi) is 5.07. The molecule has 0 aliphatic rings. The molecule has 80 valence electrons. The highest BCUT2D eigenvalue weighted by atomic mass is 16.5. The average Bonchev–Trinajstić information content (AvgIpc) is 2.58. The molecule has 0 unspecified atom stereocenters. The number of rotatable bonds is 7. The highest BCUT2D eigenvalue weighted by Gasteiger charge is 1.97. The Labute approximate surface area is 85.0 Å². The number of aryl methyl sites for hydroxylation is 1. The minimum atomic E-state index is 0.700. The third-order valence-corrected chi connectivity index (χ3v) is 1.93. The molecule has 1 aromatic heterocycles. The molecule has 0 bridgehead atoms. The minimum absolute atomic E-state index is 0.700. The third kappa shape index (κ3) is 4.28. The van der Waals surface area contributed by atoms with E-state index in [0.29, 0.717) is 5.88 Å². The fraction of sp³-hybridized carbons (Fsp3) is 0.700. The van der Waals surface area contributed by atoms with E-state index < -0.39 is 0 Å². The Morgan fingerprint density at radius 3 is 3.00 bits per heavy atom. The molecule has 0 atom stereocenters. The molecule has 0 aliphatic carbocycles. The zero-order valence-corrected chi connectivity index (χ0v) is 8.97. The summed E-state index contributed by atoms with van der Waals surface area (Å²) in [6.07, 6.45) is 2.22. The van der Waals surface area contributed by atoms with Gasteiger partial charge in [0.15, 0.2) is 0 Å². The lowest BCUT2D eigenvalue weighted by Gasteiger charge is -2.02. The summed E-state index contributed by atoms with van der Waals surface area (Å²) in [6, 6.07) is 1.91. The maximum atomic E-state index is 5.44. The molecule has 2 N–H and O–H groups in total. The fourth-order valence-electron chi connectivity index (χ4n) is 1.17. The van der Waals surface area contributed by atoms with Crippen molar-refractivity contribution >= 4 is 0 Å². The number of hydrogen-bond acceptors (Lipinski definition) is 3. The van der Waals surface area contributed by atoms with Crippen molar-refractivity contribution in [3.05, 3.63) is 11.8 Å². The minimum Gasteiger partial charge on any atom is -0.477 e. The summed E-state index contributed by atoms with van der Waals surface area (Å²) in [5, 5.41) is 10.1. The van der Waals surface area contributed by atoms with E-state index >= 15 is 0 Å². The fourth-order valence-corrected chi connectivity index (χ4v) is 1.17. The van der Waals surface area contributed by atoms with E-state index in [0.717, 1.165) is 38.2 Å². The quantitative estimate of drug-likeness (QED) is 0.651. The first-order valence-electron chi connectivity index (χ1n) is 5.18. The maximum absolute atomic E-state index is 5.44. The molecule has 1 rings (SSSR count). The van der Waals surface area contributed by atoms with Gasteiger partial charge in [0.1, 0.15) is 0 Å². The lowest BCUT2D eigenvalue weighted by molar-refractivity contribution is 0.294. The highest BCUT2D eigenvalue weighted by Crippen LogP contribution is 2.06. The van der Waals surface area contributed by atoms with Crippen molar-refractivity contribution in [1.82, 2.24) is 15.5 Å². The standard InChI is InChI=1S/C10H19N3O/c1-3-11-6-4-5-7-14-10-8-9(2)12-13-10/h8,11H,3-7H2,1-2H3,(H,12,13). The molecular formula is C10H19N3O. The second kappa shape index (κ2) is 6.43. The summed E-state index contributed by atoms with van der Waals surface area (Å²) in [5.41, 5.74) is 1.03. The number of nitrogens with one attached hydrogen (secondary N) is 2. The first-order chi connectivity index (χ1) is 6.83. The van der Waals surface area contributed by atoms with Gasteiger partial charge in [-0.3, -0.25) is 5.10 Å². The van der Waals surface area contributed by atoms with Gasteiger partial charge >= 0.3 is 0 Å². The number of H-pyrrole nitrogens is 1. The van der Waals surface area contributed by atoms with Crippen molar-refractivity contribution in [2.75, 3.05) is 19.7 Å². The van der Waals surface area contributed by atoms with Gasteiger partial charge in [-0.1, -0.05) is 6.92 Å². The molecule has 0 aromatic carbocycles. The first-order valence-corrected chi connectivity index (χ1v) is 5.18. The van der Waals surface area contributed by atoms with E-state index in [9.17, 15) is 0 Å². The van der Waals surface area contributed by atoms with Crippen LogP contribution in [0.4, 0.5) is 0 Å². The smallest absolute Gasteiger partial charge is 0.232 e. The average molecular weight is 197 g/mol. The van der Waals surface area contributed by atoms with Crippen LogP contribution in [0.5, 0.6) is 5.88 Å². The summed E-state index contributed by atoms with van der Waals surface area (Å²) in [4.78, 5) is 0. The monoisotopic (exact) mass is 197 g/mol. The highest BCUT2D eigenvalue weighted by molar-refractivity contribution is 5.11. The van der Waals surface area contributed by atoms with Crippen LogP contribution in [-0.2, 0) is 0 Å². The summed E-state index contributed by atoms with van der Waals surface area (Å²) >= 11 is 0. The number of hydrogen-bond donors (Lipinski definition) is 2. The van der Waals surface area contributed by atoms with Crippen LogP contribution in [-0.4, -0.2) is 29.9 Å². The molecule has 14 heavy (non-hydrogen) atoms. The van der Waals surface area contributed by atoms with Crippen LogP contribution in [0.1, 0.15) is 25.5 Å². The van der Waals surface area contributed by atoms with E-state index in [-0.39, 0.29) is 0 Å². The maximum Gasteiger partial charge on any atom is 0.232 e. The predicted octanol–water partition coefficient (Wildman–Crippen LogP) is 1.49. The van der Waals surface area contributed by atoms with Gasteiger partial charge < -0.3 is 10.1 Å². The zero-order chi connectivity index (χ0) is 10.2.